The molecular formula is C25H22GeO3. The molecule has 4 aromatic carbocycles. The predicted molar refractivity (Wildman–Crippen MR) is 120 cm³/mol. The van der Waals surface area contributed by atoms with E-state index in [-0.39, 0.29) is 17.2 Å². The van der Waals surface area contributed by atoms with Gasteiger partial charge < -0.3 is 0 Å². The topological polar surface area (TPSA) is 60.7 Å². The third-order valence-electron chi connectivity index (χ3n) is 5.41. The Morgan fingerprint density at radius 1 is 0.483 bits per heavy atom. The van der Waals surface area contributed by atoms with Gasteiger partial charge in [0.2, 0.25) is 0 Å². The summed E-state index contributed by atoms with van der Waals surface area (Å²) in [6.07, 6.45) is 0. The molecule has 0 heterocycles. The Hall–Kier alpha value is -3.18. The van der Waals surface area contributed by atoms with Gasteiger partial charge in [-0.3, -0.25) is 0 Å². The average molecular weight is 443 g/mol. The molecule has 0 unspecified atom stereocenters. The fourth-order valence-electron chi connectivity index (χ4n) is 4.08. The summed E-state index contributed by atoms with van der Waals surface area (Å²) in [7, 11) is 0. The molecule has 3 nitrogen and oxygen atoms in total. The van der Waals surface area contributed by atoms with Crippen molar-refractivity contribution in [1.29, 1.82) is 0 Å². The van der Waals surface area contributed by atoms with E-state index in [2.05, 4.69) is 12.1 Å². The van der Waals surface area contributed by atoms with Gasteiger partial charge in [-0.15, -0.1) is 0 Å². The van der Waals surface area contributed by atoms with Crippen LogP contribution >= 0.6 is 0 Å². The molecule has 0 radical (unpaired) electrons. The van der Waals surface area contributed by atoms with Gasteiger partial charge in [0, 0.05) is 0 Å². The third kappa shape index (κ3) is 3.17. The summed E-state index contributed by atoms with van der Waals surface area (Å²) in [5.74, 6) is 0.499. The summed E-state index contributed by atoms with van der Waals surface area (Å²) < 4.78 is 3.30. The van der Waals surface area contributed by atoms with Crippen LogP contribution in [0.2, 0.25) is 0 Å². The average Bonchev–Trinajstić information content (AvgIpc) is 2.73. The Kier molecular flexibility index (Phi) is 5.07. The molecule has 4 aromatic rings. The summed E-state index contributed by atoms with van der Waals surface area (Å²) >= 11 is -3.94. The zero-order valence-electron chi connectivity index (χ0n) is 16.1. The molecule has 144 valence electrons. The van der Waals surface area contributed by atoms with E-state index in [9.17, 15) is 15.3 Å². The van der Waals surface area contributed by atoms with Gasteiger partial charge in [-0.1, -0.05) is 0 Å². The number of para-hydroxylation sites is 3. The first-order chi connectivity index (χ1) is 14.0. The van der Waals surface area contributed by atoms with Crippen LogP contribution in [0.15, 0.2) is 97.1 Å². The number of hydrogen-bond donors (Lipinski definition) is 3. The van der Waals surface area contributed by atoms with Gasteiger partial charge in [-0.2, -0.15) is 0 Å². The third-order valence-corrected chi connectivity index (χ3v) is 15.7. The molecular weight excluding hydrogens is 421 g/mol. The molecule has 4 heteroatoms. The van der Waals surface area contributed by atoms with Crippen LogP contribution in [-0.2, 0) is 0 Å². The van der Waals surface area contributed by atoms with Gasteiger partial charge >= 0.3 is 173 Å². The zero-order valence-corrected chi connectivity index (χ0v) is 18.2. The van der Waals surface area contributed by atoms with E-state index in [0.29, 0.717) is 0 Å². The Bertz CT molecular complexity index is 1040. The van der Waals surface area contributed by atoms with Crippen molar-refractivity contribution in [3.8, 4) is 17.2 Å². The van der Waals surface area contributed by atoms with Gasteiger partial charge in [0.05, 0.1) is 0 Å². The number of rotatable bonds is 4. The van der Waals surface area contributed by atoms with E-state index >= 15 is 0 Å². The number of phenolic OH excluding ortho intramolecular Hbond substituents is 3. The van der Waals surface area contributed by atoms with Crippen LogP contribution in [-0.4, -0.2) is 28.6 Å². The monoisotopic (exact) mass is 444 g/mol. The van der Waals surface area contributed by atoms with Crippen LogP contribution in [0.5, 0.6) is 17.2 Å². The van der Waals surface area contributed by atoms with Crippen LogP contribution in [0, 0.1) is 6.92 Å². The molecule has 0 aliphatic rings. The van der Waals surface area contributed by atoms with Crippen molar-refractivity contribution in [2.45, 2.75) is 6.92 Å². The molecule has 0 aromatic heterocycles. The maximum absolute atomic E-state index is 11.0. The number of phenols is 3. The Morgan fingerprint density at radius 2 is 0.828 bits per heavy atom. The van der Waals surface area contributed by atoms with E-state index in [1.54, 1.807) is 36.4 Å². The second-order valence-corrected chi connectivity index (χ2v) is 14.9. The molecule has 0 atom stereocenters. The summed E-state index contributed by atoms with van der Waals surface area (Å²) in [5.41, 5.74) is 1.12. The van der Waals surface area contributed by atoms with Crippen molar-refractivity contribution in [2.24, 2.45) is 0 Å². The second-order valence-electron chi connectivity index (χ2n) is 7.17. The Morgan fingerprint density at radius 3 is 1.17 bits per heavy atom. The van der Waals surface area contributed by atoms with E-state index < -0.39 is 13.3 Å². The van der Waals surface area contributed by atoms with Crippen molar-refractivity contribution >= 4 is 30.8 Å². The normalized spacial score (nSPS) is 11.3. The molecule has 0 amide bonds. The van der Waals surface area contributed by atoms with Crippen LogP contribution in [0.25, 0.3) is 0 Å². The summed E-state index contributed by atoms with van der Waals surface area (Å²) in [4.78, 5) is 0. The molecule has 3 N–H and O–H groups in total. The molecule has 29 heavy (non-hydrogen) atoms. The molecule has 0 aliphatic carbocycles. The first kappa shape index (κ1) is 19.2. The van der Waals surface area contributed by atoms with Crippen LogP contribution < -0.4 is 17.6 Å². The molecule has 4 rings (SSSR count). The van der Waals surface area contributed by atoms with Gasteiger partial charge in [-0.25, -0.2) is 0 Å². The van der Waals surface area contributed by atoms with E-state index in [0.717, 1.165) is 23.1 Å². The first-order valence-corrected chi connectivity index (χ1v) is 13.7. The van der Waals surface area contributed by atoms with E-state index in [1.165, 1.54) is 0 Å². The summed E-state index contributed by atoms with van der Waals surface area (Å²) in [5, 5.41) is 32.9. The molecule has 0 spiro atoms. The summed E-state index contributed by atoms with van der Waals surface area (Å²) in [6.45, 7) is 2.03. The van der Waals surface area contributed by atoms with Crippen LogP contribution in [0.4, 0.5) is 0 Å². The molecule has 0 saturated carbocycles. The minimum absolute atomic E-state index is 0.166. The van der Waals surface area contributed by atoms with Gasteiger partial charge in [0.15, 0.2) is 0 Å². The molecule has 0 saturated heterocycles. The molecule has 0 fully saturated rings. The number of aryl methyl sites for hydroxylation is 1. The number of benzene rings is 4. The van der Waals surface area contributed by atoms with Crippen LogP contribution in [0.3, 0.4) is 0 Å². The predicted octanol–water partition coefficient (Wildman–Crippen LogP) is 2.49. The van der Waals surface area contributed by atoms with Crippen molar-refractivity contribution < 1.29 is 15.3 Å². The molecule has 0 bridgehead atoms. The Balaban J connectivity index is 2.23. The van der Waals surface area contributed by atoms with Crippen molar-refractivity contribution in [2.75, 3.05) is 0 Å². The number of aromatic hydroxyl groups is 3. The van der Waals surface area contributed by atoms with E-state index in [1.807, 2.05) is 55.5 Å². The fourth-order valence-corrected chi connectivity index (χ4v) is 14.4. The zero-order chi connectivity index (χ0) is 20.4. The molecule has 0 aliphatic heterocycles. The van der Waals surface area contributed by atoms with Crippen molar-refractivity contribution in [3.05, 3.63) is 103 Å². The standard InChI is InChI=1S/C25H22GeO3/c1-18-14-16-19(17-15-18)26(20-8-2-5-11-23(20)27,21-9-3-6-12-24(21)28)22-10-4-7-13-25(22)29/h2-17,27-29H,1H3. The second kappa shape index (κ2) is 7.68. The fraction of sp³-hybridized carbons (Fsp3) is 0.0400. The quantitative estimate of drug-likeness (QED) is 0.425. The van der Waals surface area contributed by atoms with E-state index in [4.69, 9.17) is 0 Å². The minimum atomic E-state index is -3.94. The van der Waals surface area contributed by atoms with Crippen molar-refractivity contribution in [1.82, 2.24) is 0 Å². The van der Waals surface area contributed by atoms with Crippen molar-refractivity contribution in [3.63, 3.8) is 0 Å². The van der Waals surface area contributed by atoms with Gasteiger partial charge in [-0.05, 0) is 0 Å². The summed E-state index contributed by atoms with van der Waals surface area (Å²) in [6, 6.07) is 30.0. The van der Waals surface area contributed by atoms with Crippen LogP contribution in [0.1, 0.15) is 5.56 Å². The SMILES string of the molecule is Cc1cc[c]([Ge]([c]2ccccc2O)([c]2ccccc2O)[c]2ccccc2O)cc1. The van der Waals surface area contributed by atoms with Gasteiger partial charge in [0.25, 0.3) is 0 Å². The Labute approximate surface area is 172 Å². The first-order valence-electron chi connectivity index (χ1n) is 9.47. The maximum atomic E-state index is 11.0. The number of hydrogen-bond acceptors (Lipinski definition) is 3. The van der Waals surface area contributed by atoms with Gasteiger partial charge in [0.1, 0.15) is 0 Å².